The molecule has 0 amide bonds. The molecule has 0 atom stereocenters. The molecule has 0 aromatic heterocycles. The molecule has 0 unspecified atom stereocenters. The van der Waals surface area contributed by atoms with Crippen LogP contribution in [0.3, 0.4) is 0 Å². The van der Waals surface area contributed by atoms with Gasteiger partial charge in [-0.2, -0.15) is 0 Å². The number of benzene rings is 4. The molecule has 2 heteroatoms. The normalized spacial score (nSPS) is 10.8. The van der Waals surface area contributed by atoms with Crippen LogP contribution in [0.2, 0.25) is 0 Å². The first-order chi connectivity index (χ1) is 18.2. The van der Waals surface area contributed by atoms with Crippen LogP contribution in [0.5, 0.6) is 0 Å². The molecule has 0 bridgehead atoms. The van der Waals surface area contributed by atoms with Gasteiger partial charge in [-0.1, -0.05) is 133 Å². The van der Waals surface area contributed by atoms with Crippen molar-refractivity contribution in [3.8, 4) is 0 Å². The molecule has 4 aromatic rings. The third-order valence-corrected chi connectivity index (χ3v) is 6.73. The number of allylic oxidation sites excluding steroid dienone is 2. The fourth-order valence-electron chi connectivity index (χ4n) is 4.63. The van der Waals surface area contributed by atoms with Gasteiger partial charge < -0.3 is 9.59 Å². The van der Waals surface area contributed by atoms with E-state index in [1.165, 1.54) is 0 Å². The van der Waals surface area contributed by atoms with Gasteiger partial charge in [-0.25, -0.2) is 0 Å². The smallest absolute Gasteiger partial charge is 0.133 e. The molecule has 0 saturated heterocycles. The van der Waals surface area contributed by atoms with Crippen LogP contribution in [-0.2, 0) is 9.59 Å². The molecule has 0 radical (unpaired) electrons. The maximum absolute atomic E-state index is 12.2. The summed E-state index contributed by atoms with van der Waals surface area (Å²) in [4.78, 5) is 24.4. The van der Waals surface area contributed by atoms with Gasteiger partial charge in [0.15, 0.2) is 0 Å². The predicted octanol–water partition coefficient (Wildman–Crippen LogP) is 8.19. The highest BCUT2D eigenvalue weighted by Crippen LogP contribution is 2.31. The molecule has 0 heterocycles. The molecule has 0 aliphatic rings. The van der Waals surface area contributed by atoms with Crippen LogP contribution in [-0.4, -0.2) is 12.6 Å². The highest BCUT2D eigenvalue weighted by Gasteiger charge is 2.28. The molecular weight excluding hydrogens is 452 g/mol. The quantitative estimate of drug-likeness (QED) is 0.150. The van der Waals surface area contributed by atoms with Gasteiger partial charge in [0.25, 0.3) is 0 Å². The van der Waals surface area contributed by atoms with Crippen molar-refractivity contribution in [3.63, 3.8) is 0 Å². The Labute approximate surface area is 220 Å². The zero-order chi connectivity index (χ0) is 25.8. The molecule has 4 aromatic carbocycles. The second-order valence-corrected chi connectivity index (χ2v) is 9.25. The molecule has 0 saturated carbocycles. The lowest BCUT2D eigenvalue weighted by molar-refractivity contribution is -0.127. The zero-order valence-electron chi connectivity index (χ0n) is 21.0. The summed E-state index contributed by atoms with van der Waals surface area (Å²) < 4.78 is 0. The molecule has 0 aliphatic carbocycles. The van der Waals surface area contributed by atoms with E-state index in [9.17, 15) is 9.59 Å². The number of hydrogen-bond donors (Lipinski definition) is 0. The van der Waals surface area contributed by atoms with E-state index in [4.69, 9.17) is 0 Å². The lowest BCUT2D eigenvalue weighted by Crippen LogP contribution is -2.24. The molecule has 0 fully saturated rings. The van der Waals surface area contributed by atoms with Gasteiger partial charge >= 0.3 is 0 Å². The Morgan fingerprint density at radius 3 is 0.973 bits per heavy atom. The molecule has 2 nitrogen and oxygen atoms in total. The first-order valence-corrected chi connectivity index (χ1v) is 12.8. The SMILES string of the molecule is O=CC(C=O)(CCC=C(c1ccccc1)c1ccccc1)CCC=C(c1ccccc1)c1ccccc1. The van der Waals surface area contributed by atoms with Crippen LogP contribution in [0.25, 0.3) is 11.1 Å². The number of aldehydes is 2. The van der Waals surface area contributed by atoms with E-state index in [0.717, 1.165) is 46.0 Å². The first kappa shape index (κ1) is 25.8. The van der Waals surface area contributed by atoms with Crippen molar-refractivity contribution in [2.45, 2.75) is 25.7 Å². The molecular formula is C35H32O2. The van der Waals surface area contributed by atoms with Crippen LogP contribution in [0, 0.1) is 5.41 Å². The third-order valence-electron chi connectivity index (χ3n) is 6.73. The minimum Gasteiger partial charge on any atom is -0.302 e. The van der Waals surface area contributed by atoms with E-state index in [1.54, 1.807) is 0 Å². The maximum Gasteiger partial charge on any atom is 0.133 e. The summed E-state index contributed by atoms with van der Waals surface area (Å²) in [5, 5.41) is 0. The van der Waals surface area contributed by atoms with E-state index in [1.807, 2.05) is 72.8 Å². The van der Waals surface area contributed by atoms with Gasteiger partial charge in [0.1, 0.15) is 12.6 Å². The maximum atomic E-state index is 12.2. The number of carbonyl (C=O) groups is 2. The predicted molar refractivity (Wildman–Crippen MR) is 153 cm³/mol. The van der Waals surface area contributed by atoms with Crippen LogP contribution in [0.1, 0.15) is 47.9 Å². The average Bonchev–Trinajstić information content (AvgIpc) is 2.98. The highest BCUT2D eigenvalue weighted by molar-refractivity contribution is 5.84. The monoisotopic (exact) mass is 484 g/mol. The van der Waals surface area contributed by atoms with E-state index >= 15 is 0 Å². The van der Waals surface area contributed by atoms with Crippen LogP contribution >= 0.6 is 0 Å². The molecule has 0 N–H and O–H groups in total. The van der Waals surface area contributed by atoms with Crippen LogP contribution < -0.4 is 0 Å². The minimum atomic E-state index is -1.01. The summed E-state index contributed by atoms with van der Waals surface area (Å²) in [6.45, 7) is 0. The van der Waals surface area contributed by atoms with Crippen molar-refractivity contribution in [1.82, 2.24) is 0 Å². The van der Waals surface area contributed by atoms with E-state index in [0.29, 0.717) is 25.7 Å². The molecule has 0 aliphatic heterocycles. The molecule has 0 spiro atoms. The minimum absolute atomic E-state index is 0.475. The van der Waals surface area contributed by atoms with Crippen LogP contribution in [0.4, 0.5) is 0 Å². The first-order valence-electron chi connectivity index (χ1n) is 12.8. The standard InChI is InChI=1S/C35H32O2/c36-27-35(28-37,25-13-23-33(29-15-5-1-6-16-29)30-17-7-2-8-18-30)26-14-24-34(31-19-9-3-10-20-31)32-21-11-4-12-22-32/h1-12,15-24,27-28H,13-14,25-26H2. The fraction of sp³-hybridized carbons (Fsp3) is 0.143. The van der Waals surface area contributed by atoms with E-state index in [-0.39, 0.29) is 0 Å². The summed E-state index contributed by atoms with van der Waals surface area (Å²) in [5.41, 5.74) is 5.70. The zero-order valence-corrected chi connectivity index (χ0v) is 21.0. The fourth-order valence-corrected chi connectivity index (χ4v) is 4.63. The second-order valence-electron chi connectivity index (χ2n) is 9.25. The summed E-state index contributed by atoms with van der Waals surface area (Å²) in [7, 11) is 0. The number of carbonyl (C=O) groups excluding carboxylic acids is 2. The highest BCUT2D eigenvalue weighted by atomic mass is 16.1. The Kier molecular flexibility index (Phi) is 9.15. The Bertz CT molecular complexity index is 1130. The van der Waals surface area contributed by atoms with E-state index < -0.39 is 5.41 Å². The summed E-state index contributed by atoms with van der Waals surface area (Å²) in [6, 6.07) is 40.9. The van der Waals surface area contributed by atoms with Crippen molar-refractivity contribution in [1.29, 1.82) is 0 Å². The Morgan fingerprint density at radius 2 is 0.730 bits per heavy atom. The Balaban J connectivity index is 1.53. The lowest BCUT2D eigenvalue weighted by Gasteiger charge is -2.21. The second kappa shape index (κ2) is 13.1. The summed E-state index contributed by atoms with van der Waals surface area (Å²) >= 11 is 0. The van der Waals surface area contributed by atoms with Gasteiger partial charge in [0, 0.05) is 0 Å². The van der Waals surface area contributed by atoms with Crippen molar-refractivity contribution in [3.05, 3.63) is 156 Å². The van der Waals surface area contributed by atoms with Gasteiger partial charge in [0.05, 0.1) is 5.41 Å². The largest absolute Gasteiger partial charge is 0.302 e. The van der Waals surface area contributed by atoms with Gasteiger partial charge in [-0.15, -0.1) is 0 Å². The Hall–Kier alpha value is -4.30. The van der Waals surface area contributed by atoms with Crippen molar-refractivity contribution in [2.75, 3.05) is 0 Å². The molecule has 4 rings (SSSR count). The number of rotatable bonds is 12. The molecule has 184 valence electrons. The lowest BCUT2D eigenvalue weighted by atomic mass is 9.80. The van der Waals surface area contributed by atoms with Gasteiger partial charge in [-0.05, 0) is 59.1 Å². The van der Waals surface area contributed by atoms with Gasteiger partial charge in [-0.3, -0.25) is 0 Å². The molecule has 37 heavy (non-hydrogen) atoms. The van der Waals surface area contributed by atoms with Gasteiger partial charge in [0.2, 0.25) is 0 Å². The number of hydrogen-bond acceptors (Lipinski definition) is 2. The van der Waals surface area contributed by atoms with E-state index in [2.05, 4.69) is 60.7 Å². The summed E-state index contributed by atoms with van der Waals surface area (Å²) in [5.74, 6) is 0. The van der Waals surface area contributed by atoms with Crippen LogP contribution in [0.15, 0.2) is 133 Å². The topological polar surface area (TPSA) is 34.1 Å². The third kappa shape index (κ3) is 6.89. The van der Waals surface area contributed by atoms with Crippen molar-refractivity contribution in [2.24, 2.45) is 5.41 Å². The van der Waals surface area contributed by atoms with Crippen molar-refractivity contribution >= 4 is 23.7 Å². The average molecular weight is 485 g/mol. The Morgan fingerprint density at radius 1 is 0.459 bits per heavy atom. The summed E-state index contributed by atoms with van der Waals surface area (Å²) in [6.07, 6.45) is 8.21. The van der Waals surface area contributed by atoms with Crippen molar-refractivity contribution < 1.29 is 9.59 Å².